The van der Waals surface area contributed by atoms with E-state index in [2.05, 4.69) is 15.2 Å². The minimum atomic E-state index is -4.72. The molecule has 4 rings (SSSR count). The largest absolute Gasteiger partial charge is 0.433 e. The predicted octanol–water partition coefficient (Wildman–Crippen LogP) is 5.21. The summed E-state index contributed by atoms with van der Waals surface area (Å²) in [6, 6.07) is 8.37. The summed E-state index contributed by atoms with van der Waals surface area (Å²) in [5.41, 5.74) is -0.201. The van der Waals surface area contributed by atoms with Gasteiger partial charge < -0.3 is 4.90 Å². The molecule has 3 heterocycles. The molecule has 0 fully saturated rings. The molecule has 7 nitrogen and oxygen atoms in total. The molecule has 0 unspecified atom stereocenters. The highest BCUT2D eigenvalue weighted by Crippen LogP contribution is 2.32. The van der Waals surface area contributed by atoms with Crippen LogP contribution in [0.2, 0.25) is 10.0 Å². The first-order valence-electron chi connectivity index (χ1n) is 9.78. The van der Waals surface area contributed by atoms with Crippen LogP contribution in [0, 0.1) is 0 Å². The zero-order chi connectivity index (χ0) is 23.9. The van der Waals surface area contributed by atoms with Crippen LogP contribution in [0.1, 0.15) is 28.8 Å². The van der Waals surface area contributed by atoms with Crippen molar-refractivity contribution in [3.05, 3.63) is 69.7 Å². The normalized spacial score (nSPS) is 11.8. The molecule has 0 aliphatic heterocycles. The van der Waals surface area contributed by atoms with Gasteiger partial charge in [-0.15, -0.1) is 0 Å². The van der Waals surface area contributed by atoms with E-state index in [-0.39, 0.29) is 23.6 Å². The van der Waals surface area contributed by atoms with Gasteiger partial charge in [0.2, 0.25) is 0 Å². The standard InChI is InChI=1S/C21H17Cl2F3N6O/c1-3-31-17(14(23)10-27-31)11-30(2)20(33)16-9-19-28-15(12-4-6-13(22)7-5-12)8-18(21(24,25)26)32(19)29-16/h4-10H,3,11H2,1-2H3. The summed E-state index contributed by atoms with van der Waals surface area (Å²) in [7, 11) is 1.51. The number of benzene rings is 1. The van der Waals surface area contributed by atoms with Crippen LogP contribution in [0.4, 0.5) is 13.2 Å². The van der Waals surface area contributed by atoms with E-state index in [1.54, 1.807) is 28.9 Å². The molecule has 3 aromatic heterocycles. The van der Waals surface area contributed by atoms with E-state index in [0.29, 0.717) is 32.4 Å². The Kier molecular flexibility index (Phi) is 6.06. The second-order valence-corrected chi connectivity index (χ2v) is 8.09. The molecule has 1 aromatic carbocycles. The van der Waals surface area contributed by atoms with Gasteiger partial charge in [0.25, 0.3) is 5.91 Å². The maximum absolute atomic E-state index is 13.8. The van der Waals surface area contributed by atoms with E-state index in [4.69, 9.17) is 23.2 Å². The summed E-state index contributed by atoms with van der Waals surface area (Å²) in [5, 5.41) is 8.86. The summed E-state index contributed by atoms with van der Waals surface area (Å²) in [5.74, 6) is -0.582. The molecule has 0 saturated heterocycles. The zero-order valence-corrected chi connectivity index (χ0v) is 18.9. The summed E-state index contributed by atoms with van der Waals surface area (Å²) in [4.78, 5) is 18.5. The van der Waals surface area contributed by atoms with E-state index in [9.17, 15) is 18.0 Å². The fourth-order valence-electron chi connectivity index (χ4n) is 3.36. The Hall–Kier alpha value is -3.11. The molecule has 33 heavy (non-hydrogen) atoms. The number of aromatic nitrogens is 5. The van der Waals surface area contributed by atoms with Crippen LogP contribution < -0.4 is 0 Å². The van der Waals surface area contributed by atoms with Crippen LogP contribution >= 0.6 is 23.2 Å². The second-order valence-electron chi connectivity index (χ2n) is 7.25. The molecule has 0 bridgehead atoms. The van der Waals surface area contributed by atoms with Gasteiger partial charge in [0.05, 0.1) is 29.2 Å². The molecule has 0 radical (unpaired) electrons. The van der Waals surface area contributed by atoms with E-state index < -0.39 is 17.8 Å². The van der Waals surface area contributed by atoms with Crippen molar-refractivity contribution in [2.45, 2.75) is 26.2 Å². The van der Waals surface area contributed by atoms with Crippen molar-refractivity contribution in [2.75, 3.05) is 7.05 Å². The number of rotatable bonds is 5. The Morgan fingerprint density at radius 2 is 1.85 bits per heavy atom. The first-order valence-corrected chi connectivity index (χ1v) is 10.5. The number of carbonyl (C=O) groups excluding carboxylic acids is 1. The Morgan fingerprint density at radius 3 is 2.48 bits per heavy atom. The molecule has 1 amide bonds. The number of halogens is 5. The number of amides is 1. The second kappa shape index (κ2) is 8.68. The zero-order valence-electron chi connectivity index (χ0n) is 17.4. The fraction of sp³-hybridized carbons (Fsp3) is 0.238. The van der Waals surface area contributed by atoms with Crippen LogP contribution in [0.5, 0.6) is 0 Å². The Balaban J connectivity index is 1.74. The molecule has 0 N–H and O–H groups in total. The lowest BCUT2D eigenvalue weighted by atomic mass is 10.1. The van der Waals surface area contributed by atoms with Gasteiger partial charge >= 0.3 is 6.18 Å². The van der Waals surface area contributed by atoms with Crippen molar-refractivity contribution < 1.29 is 18.0 Å². The number of alkyl halides is 3. The van der Waals surface area contributed by atoms with Crippen molar-refractivity contribution >= 4 is 34.8 Å². The number of hydrogen-bond donors (Lipinski definition) is 0. The van der Waals surface area contributed by atoms with E-state index >= 15 is 0 Å². The number of hydrogen-bond acceptors (Lipinski definition) is 4. The molecule has 0 atom stereocenters. The summed E-state index contributed by atoms with van der Waals surface area (Å²) in [6.45, 7) is 2.53. The lowest BCUT2D eigenvalue weighted by molar-refractivity contribution is -0.142. The lowest BCUT2D eigenvalue weighted by Crippen LogP contribution is -2.28. The summed E-state index contributed by atoms with van der Waals surface area (Å²) >= 11 is 12.0. The average Bonchev–Trinajstić information content (AvgIpc) is 3.35. The molecular weight excluding hydrogens is 480 g/mol. The highest BCUT2D eigenvalue weighted by atomic mass is 35.5. The highest BCUT2D eigenvalue weighted by molar-refractivity contribution is 6.31. The Bertz CT molecular complexity index is 1330. The van der Waals surface area contributed by atoms with Crippen molar-refractivity contribution in [1.29, 1.82) is 0 Å². The fourth-order valence-corrected chi connectivity index (χ4v) is 3.69. The topological polar surface area (TPSA) is 68.3 Å². The molecule has 12 heteroatoms. The van der Waals surface area contributed by atoms with Crippen LogP contribution in [0.3, 0.4) is 0 Å². The van der Waals surface area contributed by atoms with Gasteiger partial charge in [0.15, 0.2) is 17.0 Å². The van der Waals surface area contributed by atoms with Crippen LogP contribution in [-0.4, -0.2) is 42.2 Å². The molecular formula is C21H17Cl2F3N6O. The molecule has 0 aliphatic rings. The molecule has 0 spiro atoms. The number of fused-ring (bicyclic) bond motifs is 1. The minimum Gasteiger partial charge on any atom is -0.334 e. The molecule has 4 aromatic rings. The number of nitrogens with zero attached hydrogens (tertiary/aromatic N) is 6. The van der Waals surface area contributed by atoms with Crippen molar-refractivity contribution in [3.8, 4) is 11.3 Å². The van der Waals surface area contributed by atoms with Gasteiger partial charge in [-0.1, -0.05) is 35.3 Å². The maximum atomic E-state index is 13.8. The Labute approximate surface area is 196 Å². The van der Waals surface area contributed by atoms with Gasteiger partial charge in [-0.25, -0.2) is 9.50 Å². The van der Waals surface area contributed by atoms with E-state index in [0.717, 1.165) is 6.07 Å². The first kappa shape index (κ1) is 23.1. The van der Waals surface area contributed by atoms with Crippen molar-refractivity contribution in [3.63, 3.8) is 0 Å². The van der Waals surface area contributed by atoms with Gasteiger partial charge in [0, 0.05) is 30.2 Å². The number of aryl methyl sites for hydroxylation is 1. The van der Waals surface area contributed by atoms with E-state index in [1.807, 2.05) is 6.92 Å². The third kappa shape index (κ3) is 4.53. The van der Waals surface area contributed by atoms with Crippen LogP contribution in [0.25, 0.3) is 16.9 Å². The third-order valence-electron chi connectivity index (χ3n) is 5.01. The SMILES string of the molecule is CCn1ncc(Cl)c1CN(C)C(=O)c1cc2nc(-c3ccc(Cl)cc3)cc(C(F)(F)F)n2n1. The monoisotopic (exact) mass is 496 g/mol. The smallest absolute Gasteiger partial charge is 0.334 e. The Morgan fingerprint density at radius 1 is 1.15 bits per heavy atom. The molecule has 172 valence electrons. The van der Waals surface area contributed by atoms with Gasteiger partial charge in [0.1, 0.15) is 0 Å². The quantitative estimate of drug-likeness (QED) is 0.380. The molecule has 0 aliphatic carbocycles. The van der Waals surface area contributed by atoms with Crippen LogP contribution in [0.15, 0.2) is 42.6 Å². The minimum absolute atomic E-state index is 0.0809. The predicted molar refractivity (Wildman–Crippen MR) is 117 cm³/mol. The van der Waals surface area contributed by atoms with Crippen molar-refractivity contribution in [1.82, 2.24) is 29.3 Å². The highest BCUT2D eigenvalue weighted by Gasteiger charge is 2.36. The van der Waals surface area contributed by atoms with Crippen molar-refractivity contribution in [2.24, 2.45) is 0 Å². The summed E-state index contributed by atoms with van der Waals surface area (Å²) in [6.07, 6.45) is -3.25. The van der Waals surface area contributed by atoms with Crippen LogP contribution in [-0.2, 0) is 19.3 Å². The maximum Gasteiger partial charge on any atom is 0.433 e. The van der Waals surface area contributed by atoms with E-state index in [1.165, 1.54) is 24.2 Å². The molecule has 0 saturated carbocycles. The average molecular weight is 497 g/mol. The summed E-state index contributed by atoms with van der Waals surface area (Å²) < 4.78 is 43.7. The lowest BCUT2D eigenvalue weighted by Gasteiger charge is -2.16. The van der Waals surface area contributed by atoms with Gasteiger partial charge in [-0.2, -0.15) is 23.4 Å². The first-order chi connectivity index (χ1) is 15.6. The third-order valence-corrected chi connectivity index (χ3v) is 5.58. The van der Waals surface area contributed by atoms with Gasteiger partial charge in [-0.3, -0.25) is 9.48 Å². The number of carbonyl (C=O) groups is 1. The van der Waals surface area contributed by atoms with Gasteiger partial charge in [-0.05, 0) is 25.1 Å².